The summed E-state index contributed by atoms with van der Waals surface area (Å²) in [5, 5.41) is 18.7. The van der Waals surface area contributed by atoms with Gasteiger partial charge in [0.25, 0.3) is 0 Å². The van der Waals surface area contributed by atoms with E-state index in [1.165, 1.54) is 10.8 Å². The average Bonchev–Trinajstić information content (AvgIpc) is 2.74. The summed E-state index contributed by atoms with van der Waals surface area (Å²) in [6, 6.07) is 0. The molecule has 0 aromatic carbocycles. The zero-order chi connectivity index (χ0) is 14.0. The maximum absolute atomic E-state index is 11.8. The van der Waals surface area contributed by atoms with Crippen LogP contribution in [0.4, 0.5) is 0 Å². The number of ether oxygens (including phenoxy) is 2. The highest BCUT2D eigenvalue weighted by Gasteiger charge is 2.35. The summed E-state index contributed by atoms with van der Waals surface area (Å²) in [7, 11) is 0. The number of aromatic nitrogens is 2. The number of H-pyrrole nitrogens is 1. The molecule has 1 saturated heterocycles. The van der Waals surface area contributed by atoms with E-state index >= 15 is 0 Å². The summed E-state index contributed by atoms with van der Waals surface area (Å²) in [5.41, 5.74) is -0.441. The Morgan fingerprint density at radius 2 is 2.42 bits per heavy atom. The molecule has 0 unspecified atom stereocenters. The van der Waals surface area contributed by atoms with Crippen molar-refractivity contribution in [3.05, 3.63) is 21.3 Å². The van der Waals surface area contributed by atoms with Crippen molar-refractivity contribution in [3.8, 4) is 5.75 Å². The van der Waals surface area contributed by atoms with Crippen molar-refractivity contribution in [2.75, 3.05) is 13.2 Å². The van der Waals surface area contributed by atoms with Crippen molar-refractivity contribution < 1.29 is 19.7 Å². The molecule has 0 spiro atoms. The fourth-order valence-corrected chi connectivity index (χ4v) is 2.19. The van der Waals surface area contributed by atoms with Crippen LogP contribution in [0.2, 0.25) is 0 Å². The summed E-state index contributed by atoms with van der Waals surface area (Å²) in [5.74, 6) is 0.377. The van der Waals surface area contributed by atoms with E-state index in [4.69, 9.17) is 26.8 Å². The Bertz CT molecular complexity index is 555. The first-order chi connectivity index (χ1) is 9.06. The molecule has 0 amide bonds. The quantitative estimate of drug-likeness (QED) is 0.672. The van der Waals surface area contributed by atoms with E-state index in [1.807, 2.05) is 6.92 Å². The van der Waals surface area contributed by atoms with E-state index in [9.17, 15) is 9.90 Å². The molecule has 1 fully saturated rings. The number of aromatic amines is 1. The van der Waals surface area contributed by atoms with Crippen molar-refractivity contribution in [2.24, 2.45) is 0 Å². The lowest BCUT2D eigenvalue weighted by Gasteiger charge is -2.15. The second kappa shape index (κ2) is 5.83. The minimum atomic E-state index is -0.805. The third-order valence-corrected chi connectivity index (χ3v) is 3.23. The number of aliphatic hydroxyl groups excluding tert-OH is 2. The SMILES string of the molecule is CCOc1cn([C@H]2C[C@H](O)[C@@H](CO)O2)c(=O)[nH]c1=S. The minimum Gasteiger partial charge on any atom is -0.489 e. The van der Waals surface area contributed by atoms with Gasteiger partial charge in [0.2, 0.25) is 0 Å². The third kappa shape index (κ3) is 2.86. The van der Waals surface area contributed by atoms with Crippen LogP contribution in [0.15, 0.2) is 11.0 Å². The van der Waals surface area contributed by atoms with Crippen LogP contribution in [0.3, 0.4) is 0 Å². The van der Waals surface area contributed by atoms with Gasteiger partial charge in [0.05, 0.1) is 25.5 Å². The fraction of sp³-hybridized carbons (Fsp3) is 0.636. The zero-order valence-corrected chi connectivity index (χ0v) is 11.2. The van der Waals surface area contributed by atoms with E-state index < -0.39 is 24.1 Å². The van der Waals surface area contributed by atoms with Crippen LogP contribution in [-0.4, -0.2) is 45.2 Å². The normalized spacial score (nSPS) is 26.6. The second-order valence-corrected chi connectivity index (χ2v) is 4.62. The molecule has 0 saturated carbocycles. The van der Waals surface area contributed by atoms with E-state index in [0.717, 1.165) is 0 Å². The molecule has 3 N–H and O–H groups in total. The van der Waals surface area contributed by atoms with E-state index in [1.54, 1.807) is 0 Å². The van der Waals surface area contributed by atoms with Crippen molar-refractivity contribution in [3.63, 3.8) is 0 Å². The molecule has 7 nitrogen and oxygen atoms in total. The smallest absolute Gasteiger partial charge is 0.328 e. The molecule has 0 radical (unpaired) electrons. The molecule has 1 aromatic rings. The summed E-state index contributed by atoms with van der Waals surface area (Å²) in [6.45, 7) is 1.93. The topological polar surface area (TPSA) is 96.7 Å². The lowest BCUT2D eigenvalue weighted by molar-refractivity contribution is -0.0460. The van der Waals surface area contributed by atoms with Crippen LogP contribution in [0.25, 0.3) is 0 Å². The monoisotopic (exact) mass is 288 g/mol. The zero-order valence-electron chi connectivity index (χ0n) is 10.4. The summed E-state index contributed by atoms with van der Waals surface area (Å²) < 4.78 is 12.2. The molecule has 2 rings (SSSR count). The van der Waals surface area contributed by atoms with Gasteiger partial charge in [-0.15, -0.1) is 0 Å². The highest BCUT2D eigenvalue weighted by molar-refractivity contribution is 7.71. The van der Waals surface area contributed by atoms with Crippen LogP contribution in [0.1, 0.15) is 19.6 Å². The summed E-state index contributed by atoms with van der Waals surface area (Å²) >= 11 is 4.98. The number of rotatable bonds is 4. The maximum Gasteiger partial charge on any atom is 0.328 e. The molecule has 1 aliphatic rings. The highest BCUT2D eigenvalue weighted by Crippen LogP contribution is 2.28. The molecule has 2 heterocycles. The van der Waals surface area contributed by atoms with Gasteiger partial charge in [-0.2, -0.15) is 0 Å². The summed E-state index contributed by atoms with van der Waals surface area (Å²) in [4.78, 5) is 14.3. The standard InChI is InChI=1S/C11H16N2O5S/c1-2-17-7-4-13(11(16)12-10(7)19)9-3-6(15)8(5-14)18-9/h4,6,8-9,14-15H,2-3,5H2,1H3,(H,12,16,19)/t6-,8+,9+/m0/s1. The van der Waals surface area contributed by atoms with Gasteiger partial charge in [-0.05, 0) is 6.92 Å². The van der Waals surface area contributed by atoms with Crippen molar-refractivity contribution in [2.45, 2.75) is 31.8 Å². The highest BCUT2D eigenvalue weighted by atomic mass is 32.1. The Morgan fingerprint density at radius 1 is 1.68 bits per heavy atom. The predicted octanol–water partition coefficient (Wildman–Crippen LogP) is -0.0547. The van der Waals surface area contributed by atoms with Crippen molar-refractivity contribution >= 4 is 12.2 Å². The maximum atomic E-state index is 11.8. The molecule has 1 aromatic heterocycles. The Balaban J connectivity index is 2.33. The van der Waals surface area contributed by atoms with Gasteiger partial charge >= 0.3 is 5.69 Å². The number of aliphatic hydroxyl groups is 2. The molecule has 1 aliphatic heterocycles. The van der Waals surface area contributed by atoms with E-state index in [2.05, 4.69) is 4.98 Å². The molecule has 3 atom stereocenters. The molecule has 0 aliphatic carbocycles. The second-order valence-electron chi connectivity index (χ2n) is 4.21. The molecule has 19 heavy (non-hydrogen) atoms. The number of nitrogens with zero attached hydrogens (tertiary/aromatic N) is 1. The number of hydrogen-bond acceptors (Lipinski definition) is 6. The summed E-state index contributed by atoms with van der Waals surface area (Å²) in [6.07, 6.45) is -0.453. The molecule has 106 valence electrons. The van der Waals surface area contributed by atoms with Gasteiger partial charge in [-0.25, -0.2) is 4.79 Å². The third-order valence-electron chi connectivity index (χ3n) is 2.93. The van der Waals surface area contributed by atoms with Crippen LogP contribution < -0.4 is 10.4 Å². The van der Waals surface area contributed by atoms with Gasteiger partial charge < -0.3 is 19.7 Å². The molecular weight excluding hydrogens is 272 g/mol. The van der Waals surface area contributed by atoms with Gasteiger partial charge in [-0.1, -0.05) is 12.2 Å². The first-order valence-electron chi connectivity index (χ1n) is 5.99. The predicted molar refractivity (Wildman–Crippen MR) is 68.7 cm³/mol. The Hall–Kier alpha value is -1.22. The van der Waals surface area contributed by atoms with Gasteiger partial charge in [0.15, 0.2) is 10.4 Å². The fourth-order valence-electron chi connectivity index (χ4n) is 1.99. The van der Waals surface area contributed by atoms with E-state index in [0.29, 0.717) is 12.4 Å². The number of hydrogen-bond donors (Lipinski definition) is 3. The van der Waals surface area contributed by atoms with Crippen molar-refractivity contribution in [1.29, 1.82) is 0 Å². The van der Waals surface area contributed by atoms with Crippen molar-refractivity contribution in [1.82, 2.24) is 9.55 Å². The Labute approximate surface area is 114 Å². The lowest BCUT2D eigenvalue weighted by atomic mass is 10.2. The van der Waals surface area contributed by atoms with Crippen LogP contribution in [0.5, 0.6) is 5.75 Å². The molecule has 8 heteroatoms. The van der Waals surface area contributed by atoms with Gasteiger partial charge in [0.1, 0.15) is 12.3 Å². The lowest BCUT2D eigenvalue weighted by Crippen LogP contribution is -2.28. The van der Waals surface area contributed by atoms with Crippen LogP contribution in [0, 0.1) is 4.64 Å². The van der Waals surface area contributed by atoms with Crippen LogP contribution >= 0.6 is 12.2 Å². The minimum absolute atomic E-state index is 0.223. The Kier molecular flexibility index (Phi) is 4.35. The average molecular weight is 288 g/mol. The van der Waals surface area contributed by atoms with Gasteiger partial charge in [0, 0.05) is 6.42 Å². The first-order valence-corrected chi connectivity index (χ1v) is 6.40. The van der Waals surface area contributed by atoms with Gasteiger partial charge in [-0.3, -0.25) is 9.55 Å². The molecular formula is C11H16N2O5S. The first kappa shape index (κ1) is 14.2. The Morgan fingerprint density at radius 3 is 3.00 bits per heavy atom. The van der Waals surface area contributed by atoms with E-state index in [-0.39, 0.29) is 17.7 Å². The number of nitrogens with one attached hydrogen (secondary N) is 1. The largest absolute Gasteiger partial charge is 0.489 e. The molecule has 0 bridgehead atoms. The van der Waals surface area contributed by atoms with Crippen LogP contribution in [-0.2, 0) is 4.74 Å².